The van der Waals surface area contributed by atoms with Crippen molar-refractivity contribution < 1.29 is 44.6 Å². The first kappa shape index (κ1) is 18.8. The zero-order chi connectivity index (χ0) is 18.8. The monoisotopic (exact) mass is 372 g/mol. The summed E-state index contributed by atoms with van der Waals surface area (Å²) >= 11 is 0. The van der Waals surface area contributed by atoms with Gasteiger partial charge in [0.1, 0.15) is 11.5 Å². The summed E-state index contributed by atoms with van der Waals surface area (Å²) < 4.78 is 109. The van der Waals surface area contributed by atoms with Crippen LogP contribution in [0.4, 0.5) is 35.1 Å². The van der Waals surface area contributed by atoms with Crippen LogP contribution in [-0.2, 0) is 6.18 Å². The minimum Gasteiger partial charge on any atom is -0.434 e. The molecule has 2 rings (SSSR count). The summed E-state index contributed by atoms with van der Waals surface area (Å²) in [6.07, 6.45) is -10.2. The van der Waals surface area contributed by atoms with E-state index in [0.29, 0.717) is 6.07 Å². The second-order valence-corrected chi connectivity index (χ2v) is 4.60. The van der Waals surface area contributed by atoms with E-state index in [0.717, 1.165) is 30.3 Å². The van der Waals surface area contributed by atoms with E-state index in [1.165, 1.54) is 6.07 Å². The zero-order valence-corrected chi connectivity index (χ0v) is 12.0. The molecule has 0 unspecified atom stereocenters. The van der Waals surface area contributed by atoms with Gasteiger partial charge in [0.15, 0.2) is 0 Å². The van der Waals surface area contributed by atoms with Crippen LogP contribution in [0.25, 0.3) is 11.1 Å². The van der Waals surface area contributed by atoms with Crippen LogP contribution in [0.5, 0.6) is 11.5 Å². The van der Waals surface area contributed by atoms with Crippen LogP contribution in [0.1, 0.15) is 5.56 Å². The Morgan fingerprint density at radius 1 is 0.760 bits per heavy atom. The van der Waals surface area contributed by atoms with Crippen LogP contribution >= 0.6 is 0 Å². The molecule has 0 fully saturated rings. The molecule has 136 valence electrons. The molecule has 2 nitrogen and oxygen atoms in total. The molecule has 0 amide bonds. The van der Waals surface area contributed by atoms with Crippen molar-refractivity contribution in [2.75, 3.05) is 0 Å². The molecular formula is C15H8F8O2. The highest BCUT2D eigenvalue weighted by molar-refractivity contribution is 5.77. The van der Waals surface area contributed by atoms with E-state index in [1.807, 2.05) is 0 Å². The molecule has 0 aromatic heterocycles. The molecule has 0 aliphatic heterocycles. The lowest BCUT2D eigenvalue weighted by Crippen LogP contribution is -2.18. The van der Waals surface area contributed by atoms with Gasteiger partial charge >= 0.3 is 19.2 Å². The highest BCUT2D eigenvalue weighted by Gasteiger charge is 2.37. The molecule has 25 heavy (non-hydrogen) atoms. The van der Waals surface area contributed by atoms with Gasteiger partial charge in [0.25, 0.3) is 0 Å². The van der Waals surface area contributed by atoms with E-state index in [-0.39, 0.29) is 0 Å². The third kappa shape index (κ3) is 4.74. The maximum atomic E-state index is 13.0. The maximum Gasteiger partial charge on any atom is 0.573 e. The standard InChI is InChI=1S/C15H8F8O2/c16-13(17)24-12-9(5-3-6-10(12)14(18,19)20)8-4-1-2-7-11(8)25-15(21,22)23/h1-7,13H. The van der Waals surface area contributed by atoms with E-state index in [9.17, 15) is 35.1 Å². The van der Waals surface area contributed by atoms with E-state index in [2.05, 4.69) is 9.47 Å². The number of rotatable bonds is 4. The number of hydrogen-bond donors (Lipinski definition) is 0. The first-order chi connectivity index (χ1) is 11.5. The summed E-state index contributed by atoms with van der Waals surface area (Å²) in [7, 11) is 0. The van der Waals surface area contributed by atoms with Crippen molar-refractivity contribution in [2.24, 2.45) is 0 Å². The molecule has 0 bridgehead atoms. The highest BCUT2D eigenvalue weighted by Crippen LogP contribution is 2.45. The molecule has 10 heteroatoms. The molecule has 0 aliphatic rings. The van der Waals surface area contributed by atoms with Crippen LogP contribution in [0.2, 0.25) is 0 Å². The lowest BCUT2D eigenvalue weighted by molar-refractivity contribution is -0.274. The summed E-state index contributed by atoms with van der Waals surface area (Å²) in [6.45, 7) is -3.61. The Kier molecular flexibility index (Phi) is 5.09. The first-order valence-electron chi connectivity index (χ1n) is 6.49. The molecule has 0 atom stereocenters. The van der Waals surface area contributed by atoms with Gasteiger partial charge in [-0.05, 0) is 12.1 Å². The lowest BCUT2D eigenvalue weighted by Gasteiger charge is -2.19. The van der Waals surface area contributed by atoms with E-state index in [4.69, 9.17) is 0 Å². The van der Waals surface area contributed by atoms with Gasteiger partial charge in [-0.1, -0.05) is 30.3 Å². The van der Waals surface area contributed by atoms with Crippen molar-refractivity contribution >= 4 is 0 Å². The Labute approximate surface area is 135 Å². The average molecular weight is 372 g/mol. The zero-order valence-electron chi connectivity index (χ0n) is 12.0. The molecular weight excluding hydrogens is 364 g/mol. The Morgan fingerprint density at radius 2 is 1.36 bits per heavy atom. The lowest BCUT2D eigenvalue weighted by atomic mass is 10.00. The fourth-order valence-electron chi connectivity index (χ4n) is 2.09. The first-order valence-corrected chi connectivity index (χ1v) is 6.49. The number of benzene rings is 2. The molecule has 2 aromatic carbocycles. The fourth-order valence-corrected chi connectivity index (χ4v) is 2.09. The van der Waals surface area contributed by atoms with Crippen molar-refractivity contribution in [3.63, 3.8) is 0 Å². The van der Waals surface area contributed by atoms with Gasteiger partial charge in [0.05, 0.1) is 5.56 Å². The van der Waals surface area contributed by atoms with Crippen molar-refractivity contribution in [1.29, 1.82) is 0 Å². The normalized spacial score (nSPS) is 12.4. The molecule has 0 radical (unpaired) electrons. The summed E-state index contributed by atoms with van der Waals surface area (Å²) in [4.78, 5) is 0. The van der Waals surface area contributed by atoms with Crippen molar-refractivity contribution in [2.45, 2.75) is 19.2 Å². The molecule has 0 saturated carbocycles. The van der Waals surface area contributed by atoms with Crippen LogP contribution in [0.15, 0.2) is 42.5 Å². The van der Waals surface area contributed by atoms with Crippen LogP contribution in [0, 0.1) is 0 Å². The maximum absolute atomic E-state index is 13.0. The van der Waals surface area contributed by atoms with Crippen molar-refractivity contribution in [3.05, 3.63) is 48.0 Å². The van der Waals surface area contributed by atoms with Gasteiger partial charge in [0, 0.05) is 11.1 Å². The topological polar surface area (TPSA) is 18.5 Å². The third-order valence-electron chi connectivity index (χ3n) is 2.93. The average Bonchev–Trinajstić information content (AvgIpc) is 2.45. The van der Waals surface area contributed by atoms with E-state index < -0.39 is 47.3 Å². The number of ether oxygens (including phenoxy) is 2. The predicted molar refractivity (Wildman–Crippen MR) is 70.2 cm³/mol. The molecule has 0 saturated heterocycles. The molecule has 0 spiro atoms. The van der Waals surface area contributed by atoms with Gasteiger partial charge in [0.2, 0.25) is 0 Å². The number of halogens is 8. The van der Waals surface area contributed by atoms with Gasteiger partial charge in [-0.3, -0.25) is 0 Å². The van der Waals surface area contributed by atoms with Crippen molar-refractivity contribution in [3.8, 4) is 22.6 Å². The Morgan fingerprint density at radius 3 is 1.92 bits per heavy atom. The second kappa shape index (κ2) is 6.77. The van der Waals surface area contributed by atoms with Crippen LogP contribution < -0.4 is 9.47 Å². The van der Waals surface area contributed by atoms with Gasteiger partial charge in [-0.15, -0.1) is 13.2 Å². The Balaban J connectivity index is 2.68. The van der Waals surface area contributed by atoms with Crippen LogP contribution in [-0.4, -0.2) is 13.0 Å². The van der Waals surface area contributed by atoms with E-state index in [1.54, 1.807) is 0 Å². The number of alkyl halides is 8. The number of hydrogen-bond acceptors (Lipinski definition) is 2. The van der Waals surface area contributed by atoms with Crippen molar-refractivity contribution in [1.82, 2.24) is 0 Å². The second-order valence-electron chi connectivity index (χ2n) is 4.60. The van der Waals surface area contributed by atoms with Gasteiger partial charge < -0.3 is 9.47 Å². The fraction of sp³-hybridized carbons (Fsp3) is 0.200. The van der Waals surface area contributed by atoms with Crippen LogP contribution in [0.3, 0.4) is 0 Å². The highest BCUT2D eigenvalue weighted by atomic mass is 19.4. The Hall–Kier alpha value is -2.52. The minimum absolute atomic E-state index is 0.481. The summed E-state index contributed by atoms with van der Waals surface area (Å²) in [5.41, 5.74) is -2.65. The summed E-state index contributed by atoms with van der Waals surface area (Å²) in [6, 6.07) is 6.46. The number of para-hydroxylation sites is 2. The third-order valence-corrected chi connectivity index (χ3v) is 2.93. The summed E-state index contributed by atoms with van der Waals surface area (Å²) in [5, 5.41) is 0. The quantitative estimate of drug-likeness (QED) is 0.625. The van der Waals surface area contributed by atoms with Gasteiger partial charge in [-0.2, -0.15) is 22.0 Å². The van der Waals surface area contributed by atoms with Gasteiger partial charge in [-0.25, -0.2) is 0 Å². The Bertz CT molecular complexity index is 737. The molecule has 0 aliphatic carbocycles. The smallest absolute Gasteiger partial charge is 0.434 e. The molecule has 2 aromatic rings. The SMILES string of the molecule is FC(F)Oc1c(-c2ccccc2OC(F)(F)F)cccc1C(F)(F)F. The molecule has 0 heterocycles. The summed E-state index contributed by atoms with van der Waals surface area (Å²) in [5.74, 6) is -2.14. The molecule has 0 N–H and O–H groups in total. The van der Waals surface area contributed by atoms with E-state index >= 15 is 0 Å². The minimum atomic E-state index is -5.12. The predicted octanol–water partition coefficient (Wildman–Crippen LogP) is 5.87. The largest absolute Gasteiger partial charge is 0.573 e.